The largest absolute Gasteiger partial charge is 0.476 e. The second kappa shape index (κ2) is 5.47. The van der Waals surface area contributed by atoms with Crippen LogP contribution in [0.2, 0.25) is 0 Å². The Morgan fingerprint density at radius 2 is 2.14 bits per heavy atom. The molecule has 0 spiro atoms. The molecule has 21 heavy (non-hydrogen) atoms. The van der Waals surface area contributed by atoms with Gasteiger partial charge in [-0.2, -0.15) is 0 Å². The second-order valence-corrected chi connectivity index (χ2v) is 5.07. The van der Waals surface area contributed by atoms with Crippen LogP contribution in [0.5, 0.6) is 0 Å². The Labute approximate surface area is 120 Å². The van der Waals surface area contributed by atoms with Gasteiger partial charge in [0.05, 0.1) is 12.4 Å². The van der Waals surface area contributed by atoms with Crippen LogP contribution in [-0.4, -0.2) is 21.0 Å². The van der Waals surface area contributed by atoms with E-state index in [0.717, 1.165) is 0 Å². The third-order valence-corrected chi connectivity index (χ3v) is 3.45. The highest BCUT2D eigenvalue weighted by molar-refractivity contribution is 5.84. The number of aromatic carboxylic acids is 1. The van der Waals surface area contributed by atoms with Crippen LogP contribution in [0.15, 0.2) is 30.6 Å². The molecule has 1 fully saturated rings. The Balaban J connectivity index is 1.69. The van der Waals surface area contributed by atoms with Crippen molar-refractivity contribution in [1.82, 2.24) is 9.97 Å². The van der Waals surface area contributed by atoms with Gasteiger partial charge in [0.25, 0.3) is 0 Å². The number of anilines is 1. The first-order valence-corrected chi connectivity index (χ1v) is 6.71. The fourth-order valence-electron chi connectivity index (χ4n) is 2.12. The summed E-state index contributed by atoms with van der Waals surface area (Å²) in [5, 5.41) is 11.7. The molecule has 0 bridgehead atoms. The van der Waals surface area contributed by atoms with Gasteiger partial charge in [0.2, 0.25) is 0 Å². The lowest BCUT2D eigenvalue weighted by Gasteiger charge is -2.08. The van der Waals surface area contributed by atoms with Crippen LogP contribution in [0.25, 0.3) is 0 Å². The summed E-state index contributed by atoms with van der Waals surface area (Å²) in [6, 6.07) is 5.20. The molecule has 1 aliphatic rings. The van der Waals surface area contributed by atoms with Gasteiger partial charge in [-0.3, -0.25) is 0 Å². The van der Waals surface area contributed by atoms with Gasteiger partial charge < -0.3 is 10.4 Å². The molecule has 0 atom stereocenters. The first-order chi connectivity index (χ1) is 10.1. The van der Waals surface area contributed by atoms with Crippen molar-refractivity contribution in [3.63, 3.8) is 0 Å². The molecule has 1 aromatic carbocycles. The highest BCUT2D eigenvalue weighted by Gasteiger charge is 2.24. The molecule has 0 amide bonds. The van der Waals surface area contributed by atoms with Gasteiger partial charge in [-0.1, -0.05) is 12.1 Å². The highest BCUT2D eigenvalue weighted by Crippen LogP contribution is 2.40. The van der Waals surface area contributed by atoms with Gasteiger partial charge in [-0.15, -0.1) is 0 Å². The SMILES string of the molecule is O=C(O)c1cnc(NCc2cc(C3CC3)ccc2F)cn1. The molecule has 0 unspecified atom stereocenters. The molecule has 2 N–H and O–H groups in total. The van der Waals surface area contributed by atoms with E-state index in [1.807, 2.05) is 12.1 Å². The first kappa shape index (κ1) is 13.5. The van der Waals surface area contributed by atoms with Crippen molar-refractivity contribution in [2.75, 3.05) is 5.32 Å². The number of rotatable bonds is 5. The minimum Gasteiger partial charge on any atom is -0.476 e. The Kier molecular flexibility index (Phi) is 3.51. The Hall–Kier alpha value is -2.50. The van der Waals surface area contributed by atoms with E-state index >= 15 is 0 Å². The number of nitrogens with one attached hydrogen (secondary N) is 1. The lowest BCUT2D eigenvalue weighted by Crippen LogP contribution is -2.06. The smallest absolute Gasteiger partial charge is 0.356 e. The molecule has 1 saturated carbocycles. The zero-order valence-corrected chi connectivity index (χ0v) is 11.2. The number of hydrogen-bond donors (Lipinski definition) is 2. The number of halogens is 1. The maximum atomic E-state index is 13.8. The third kappa shape index (κ3) is 3.16. The summed E-state index contributed by atoms with van der Waals surface area (Å²) < 4.78 is 13.8. The van der Waals surface area contributed by atoms with Crippen LogP contribution in [0, 0.1) is 5.82 Å². The van der Waals surface area contributed by atoms with Crippen LogP contribution in [-0.2, 0) is 6.54 Å². The number of nitrogens with zero attached hydrogens (tertiary/aromatic N) is 2. The van der Waals surface area contributed by atoms with Crippen LogP contribution in [0.1, 0.15) is 40.4 Å². The van der Waals surface area contributed by atoms with Gasteiger partial charge in [-0.25, -0.2) is 19.2 Å². The van der Waals surface area contributed by atoms with Crippen molar-refractivity contribution < 1.29 is 14.3 Å². The van der Waals surface area contributed by atoms with E-state index in [9.17, 15) is 9.18 Å². The van der Waals surface area contributed by atoms with Crippen LogP contribution >= 0.6 is 0 Å². The summed E-state index contributed by atoms with van der Waals surface area (Å²) >= 11 is 0. The Morgan fingerprint density at radius 1 is 1.33 bits per heavy atom. The van der Waals surface area contributed by atoms with E-state index in [-0.39, 0.29) is 18.1 Å². The van der Waals surface area contributed by atoms with Crippen LogP contribution in [0.4, 0.5) is 10.2 Å². The summed E-state index contributed by atoms with van der Waals surface area (Å²) in [5.41, 5.74) is 1.62. The number of aromatic nitrogens is 2. The zero-order chi connectivity index (χ0) is 14.8. The minimum absolute atomic E-state index is 0.123. The molecule has 2 aromatic rings. The monoisotopic (exact) mass is 287 g/mol. The molecular formula is C15H14FN3O2. The van der Waals surface area contributed by atoms with Gasteiger partial charge in [-0.05, 0) is 30.4 Å². The molecule has 6 heteroatoms. The highest BCUT2D eigenvalue weighted by atomic mass is 19.1. The lowest BCUT2D eigenvalue weighted by atomic mass is 10.1. The van der Waals surface area contributed by atoms with Crippen molar-refractivity contribution in [1.29, 1.82) is 0 Å². The van der Waals surface area contributed by atoms with Crippen molar-refractivity contribution in [3.8, 4) is 0 Å². The number of carboxylic acids is 1. The molecule has 0 saturated heterocycles. The first-order valence-electron chi connectivity index (χ1n) is 6.71. The standard InChI is InChI=1S/C15H14FN3O2/c16-12-4-3-10(9-1-2-9)5-11(12)6-18-14-8-17-13(7-19-14)15(20)21/h3-5,7-9H,1-2,6H2,(H,18,19)(H,20,21). The van der Waals surface area contributed by atoms with E-state index in [1.165, 1.54) is 36.9 Å². The molecule has 1 aromatic heterocycles. The van der Waals surface area contributed by atoms with E-state index in [0.29, 0.717) is 17.3 Å². The molecular weight excluding hydrogens is 273 g/mol. The normalized spacial score (nSPS) is 14.0. The topological polar surface area (TPSA) is 75.1 Å². The minimum atomic E-state index is -1.13. The van der Waals surface area contributed by atoms with E-state index in [4.69, 9.17) is 5.11 Å². The summed E-state index contributed by atoms with van der Waals surface area (Å²) in [6.07, 6.45) is 4.83. The fourth-order valence-corrected chi connectivity index (χ4v) is 2.12. The maximum absolute atomic E-state index is 13.8. The van der Waals surface area contributed by atoms with Gasteiger partial charge in [0, 0.05) is 12.1 Å². The summed E-state index contributed by atoms with van der Waals surface area (Å²) in [6.45, 7) is 0.285. The Morgan fingerprint density at radius 3 is 2.76 bits per heavy atom. The summed E-state index contributed by atoms with van der Waals surface area (Å²) in [5.74, 6) is -0.408. The van der Waals surface area contributed by atoms with E-state index in [1.54, 1.807) is 0 Å². The molecule has 0 radical (unpaired) electrons. The molecule has 108 valence electrons. The van der Waals surface area contributed by atoms with Gasteiger partial charge in [0.1, 0.15) is 11.6 Å². The number of carboxylic acid groups (broad SMARTS) is 1. The fraction of sp³-hybridized carbons (Fsp3) is 0.267. The van der Waals surface area contributed by atoms with Crippen molar-refractivity contribution in [3.05, 3.63) is 53.2 Å². The molecule has 0 aliphatic heterocycles. The molecule has 3 rings (SSSR count). The predicted octanol–water partition coefficient (Wildman–Crippen LogP) is 2.80. The number of hydrogen-bond acceptors (Lipinski definition) is 4. The van der Waals surface area contributed by atoms with Crippen LogP contribution in [0.3, 0.4) is 0 Å². The van der Waals surface area contributed by atoms with Crippen molar-refractivity contribution >= 4 is 11.8 Å². The second-order valence-electron chi connectivity index (χ2n) is 5.07. The lowest BCUT2D eigenvalue weighted by molar-refractivity contribution is 0.0690. The maximum Gasteiger partial charge on any atom is 0.356 e. The number of carbonyl (C=O) groups is 1. The number of benzene rings is 1. The molecule has 1 heterocycles. The van der Waals surface area contributed by atoms with E-state index < -0.39 is 5.97 Å². The summed E-state index contributed by atoms with van der Waals surface area (Å²) in [7, 11) is 0. The van der Waals surface area contributed by atoms with Gasteiger partial charge in [0.15, 0.2) is 5.69 Å². The molecule has 1 aliphatic carbocycles. The van der Waals surface area contributed by atoms with Crippen molar-refractivity contribution in [2.24, 2.45) is 0 Å². The van der Waals surface area contributed by atoms with E-state index in [2.05, 4.69) is 15.3 Å². The average Bonchev–Trinajstić information content (AvgIpc) is 3.31. The van der Waals surface area contributed by atoms with Crippen LogP contribution < -0.4 is 5.32 Å². The third-order valence-electron chi connectivity index (χ3n) is 3.45. The molecule has 5 nitrogen and oxygen atoms in total. The zero-order valence-electron chi connectivity index (χ0n) is 11.2. The quantitative estimate of drug-likeness (QED) is 0.884. The van der Waals surface area contributed by atoms with Gasteiger partial charge >= 0.3 is 5.97 Å². The Bertz CT molecular complexity index is 669. The predicted molar refractivity (Wildman–Crippen MR) is 74.7 cm³/mol. The average molecular weight is 287 g/mol. The van der Waals surface area contributed by atoms with Crippen molar-refractivity contribution in [2.45, 2.75) is 25.3 Å². The summed E-state index contributed by atoms with van der Waals surface area (Å²) in [4.78, 5) is 18.4.